The van der Waals surface area contributed by atoms with Gasteiger partial charge in [0.1, 0.15) is 5.75 Å². The Balaban J connectivity index is 1.59. The van der Waals surface area contributed by atoms with E-state index in [0.29, 0.717) is 31.9 Å². The van der Waals surface area contributed by atoms with Crippen LogP contribution in [0.4, 0.5) is 5.95 Å². The van der Waals surface area contributed by atoms with Crippen LogP contribution in [0, 0.1) is 0 Å². The molecule has 0 atom stereocenters. The number of aromatic hydroxyl groups is 1. The first-order valence-electron chi connectivity index (χ1n) is 8.14. The van der Waals surface area contributed by atoms with Crippen LogP contribution in [0.5, 0.6) is 5.75 Å². The highest BCUT2D eigenvalue weighted by atomic mass is 35.5. The largest absolute Gasteiger partial charge is 0.506 e. The standard InChI is InChI=1S/C17H16Cl2N4O4/c18-10-5-12(14(24)13(19)6-10)15(25)22-11-1-3-23(4-2-11)17-20-7-9(8-21-17)16(26)27/h5-8,11,24H,1-4H2,(H,22,25)(H,26,27). The Hall–Kier alpha value is -2.58. The first kappa shape index (κ1) is 19.2. The summed E-state index contributed by atoms with van der Waals surface area (Å²) < 4.78 is 0. The number of carbonyl (C=O) groups excluding carboxylic acids is 1. The molecule has 1 aliphatic rings. The van der Waals surface area contributed by atoms with Crippen LogP contribution in [0.2, 0.25) is 10.0 Å². The second-order valence-electron chi connectivity index (χ2n) is 6.10. The summed E-state index contributed by atoms with van der Waals surface area (Å²) in [5.74, 6) is -1.38. The summed E-state index contributed by atoms with van der Waals surface area (Å²) in [7, 11) is 0. The van der Waals surface area contributed by atoms with Crippen LogP contribution in [-0.4, -0.2) is 51.2 Å². The van der Waals surface area contributed by atoms with Gasteiger partial charge in [0.2, 0.25) is 5.95 Å². The number of aromatic nitrogens is 2. The molecule has 2 aromatic rings. The third-order valence-corrected chi connectivity index (χ3v) is 4.78. The highest BCUT2D eigenvalue weighted by Crippen LogP contribution is 2.31. The first-order valence-corrected chi connectivity index (χ1v) is 8.90. The molecule has 0 saturated carbocycles. The Morgan fingerprint density at radius 2 is 1.78 bits per heavy atom. The van der Waals surface area contributed by atoms with Crippen LogP contribution >= 0.6 is 23.2 Å². The highest BCUT2D eigenvalue weighted by Gasteiger charge is 2.24. The number of rotatable bonds is 4. The van der Waals surface area contributed by atoms with Gasteiger partial charge in [-0.3, -0.25) is 4.79 Å². The molecule has 0 spiro atoms. The van der Waals surface area contributed by atoms with E-state index in [2.05, 4.69) is 15.3 Å². The van der Waals surface area contributed by atoms with Gasteiger partial charge in [0.05, 0.1) is 16.1 Å². The zero-order valence-electron chi connectivity index (χ0n) is 14.0. The van der Waals surface area contributed by atoms with Crippen molar-refractivity contribution in [2.75, 3.05) is 18.0 Å². The Morgan fingerprint density at radius 1 is 1.15 bits per heavy atom. The van der Waals surface area contributed by atoms with E-state index in [1.54, 1.807) is 0 Å². The minimum atomic E-state index is -1.08. The number of hydrogen-bond acceptors (Lipinski definition) is 6. The lowest BCUT2D eigenvalue weighted by atomic mass is 10.0. The minimum absolute atomic E-state index is 0.0180. The van der Waals surface area contributed by atoms with Crippen molar-refractivity contribution >= 4 is 41.0 Å². The molecule has 10 heteroatoms. The predicted octanol–water partition coefficient (Wildman–Crippen LogP) is 2.59. The SMILES string of the molecule is O=C(O)c1cnc(N2CCC(NC(=O)c3cc(Cl)cc(Cl)c3O)CC2)nc1. The van der Waals surface area contributed by atoms with Gasteiger partial charge < -0.3 is 20.4 Å². The number of phenolic OH excluding ortho intramolecular Hbond substituents is 1. The lowest BCUT2D eigenvalue weighted by molar-refractivity contribution is 0.0695. The molecular weight excluding hydrogens is 395 g/mol. The zero-order chi connectivity index (χ0) is 19.6. The predicted molar refractivity (Wildman–Crippen MR) is 99.8 cm³/mol. The molecule has 1 fully saturated rings. The summed E-state index contributed by atoms with van der Waals surface area (Å²) in [6.45, 7) is 1.19. The van der Waals surface area contributed by atoms with E-state index in [9.17, 15) is 14.7 Å². The molecule has 1 amide bonds. The van der Waals surface area contributed by atoms with E-state index in [4.69, 9.17) is 28.3 Å². The van der Waals surface area contributed by atoms with E-state index in [1.807, 2.05) is 4.90 Å². The van der Waals surface area contributed by atoms with Crippen molar-refractivity contribution in [2.24, 2.45) is 0 Å². The van der Waals surface area contributed by atoms with Gasteiger partial charge in [-0.15, -0.1) is 0 Å². The molecule has 142 valence electrons. The summed E-state index contributed by atoms with van der Waals surface area (Å²) in [4.78, 5) is 33.3. The van der Waals surface area contributed by atoms with Gasteiger partial charge in [0.25, 0.3) is 5.91 Å². The van der Waals surface area contributed by atoms with Gasteiger partial charge in [-0.05, 0) is 25.0 Å². The summed E-state index contributed by atoms with van der Waals surface area (Å²) in [5.41, 5.74) is 0.0587. The first-order chi connectivity index (χ1) is 12.8. The third kappa shape index (κ3) is 4.40. The molecule has 3 rings (SSSR count). The summed E-state index contributed by atoms with van der Waals surface area (Å²) in [6, 6.07) is 2.64. The average Bonchev–Trinajstić information content (AvgIpc) is 2.65. The van der Waals surface area contributed by atoms with Crippen LogP contribution in [0.3, 0.4) is 0 Å². The van der Waals surface area contributed by atoms with Crippen molar-refractivity contribution in [3.8, 4) is 5.75 Å². The van der Waals surface area contributed by atoms with Crippen LogP contribution < -0.4 is 10.2 Å². The molecule has 0 unspecified atom stereocenters. The number of nitrogens with one attached hydrogen (secondary N) is 1. The van der Waals surface area contributed by atoms with Crippen molar-refractivity contribution < 1.29 is 19.8 Å². The number of phenols is 1. The Morgan fingerprint density at radius 3 is 2.37 bits per heavy atom. The fourth-order valence-corrected chi connectivity index (χ4v) is 3.31. The van der Waals surface area contributed by atoms with Crippen LogP contribution in [0.25, 0.3) is 0 Å². The van der Waals surface area contributed by atoms with E-state index in [1.165, 1.54) is 24.5 Å². The van der Waals surface area contributed by atoms with Gasteiger partial charge in [-0.25, -0.2) is 14.8 Å². The molecule has 0 bridgehead atoms. The van der Waals surface area contributed by atoms with Crippen LogP contribution in [0.15, 0.2) is 24.5 Å². The van der Waals surface area contributed by atoms with Crippen molar-refractivity contribution in [2.45, 2.75) is 18.9 Å². The molecule has 8 nitrogen and oxygen atoms in total. The molecule has 1 aromatic carbocycles. The number of piperidine rings is 1. The molecule has 1 aliphatic heterocycles. The molecule has 2 heterocycles. The van der Waals surface area contributed by atoms with E-state index < -0.39 is 11.9 Å². The number of carboxylic acid groups (broad SMARTS) is 1. The lowest BCUT2D eigenvalue weighted by Gasteiger charge is -2.32. The summed E-state index contributed by atoms with van der Waals surface area (Å²) >= 11 is 11.7. The Labute approximate surface area is 164 Å². The van der Waals surface area contributed by atoms with E-state index >= 15 is 0 Å². The molecule has 1 saturated heterocycles. The van der Waals surface area contributed by atoms with Crippen LogP contribution in [0.1, 0.15) is 33.6 Å². The van der Waals surface area contributed by atoms with Gasteiger partial charge in [-0.2, -0.15) is 0 Å². The van der Waals surface area contributed by atoms with E-state index in [0.717, 1.165) is 0 Å². The summed E-state index contributed by atoms with van der Waals surface area (Å²) in [5, 5.41) is 22.0. The highest BCUT2D eigenvalue weighted by molar-refractivity contribution is 6.36. The third-order valence-electron chi connectivity index (χ3n) is 4.27. The number of benzene rings is 1. The number of carbonyl (C=O) groups is 2. The smallest absolute Gasteiger partial charge is 0.338 e. The van der Waals surface area contributed by atoms with Crippen molar-refractivity contribution in [3.05, 3.63) is 45.7 Å². The van der Waals surface area contributed by atoms with Gasteiger partial charge in [-0.1, -0.05) is 23.2 Å². The fourth-order valence-electron chi connectivity index (χ4n) is 2.82. The molecular formula is C17H16Cl2N4O4. The maximum atomic E-state index is 12.4. The molecule has 27 heavy (non-hydrogen) atoms. The van der Waals surface area contributed by atoms with Crippen molar-refractivity contribution in [1.29, 1.82) is 0 Å². The number of carboxylic acids is 1. The molecule has 0 aliphatic carbocycles. The van der Waals surface area contributed by atoms with Crippen molar-refractivity contribution in [1.82, 2.24) is 15.3 Å². The second kappa shape index (κ2) is 7.98. The normalized spacial score (nSPS) is 14.8. The number of halogens is 2. The minimum Gasteiger partial charge on any atom is -0.506 e. The fraction of sp³-hybridized carbons (Fsp3) is 0.294. The maximum absolute atomic E-state index is 12.4. The second-order valence-corrected chi connectivity index (χ2v) is 6.94. The zero-order valence-corrected chi connectivity index (χ0v) is 15.5. The Bertz CT molecular complexity index is 868. The summed E-state index contributed by atoms with van der Waals surface area (Å²) in [6.07, 6.45) is 3.82. The average molecular weight is 411 g/mol. The molecule has 1 aromatic heterocycles. The molecule has 3 N–H and O–H groups in total. The maximum Gasteiger partial charge on any atom is 0.338 e. The lowest BCUT2D eigenvalue weighted by Crippen LogP contribution is -2.45. The molecule has 0 radical (unpaired) electrons. The number of amides is 1. The van der Waals surface area contributed by atoms with Gasteiger partial charge >= 0.3 is 5.97 Å². The monoisotopic (exact) mass is 410 g/mol. The van der Waals surface area contributed by atoms with Gasteiger partial charge in [0, 0.05) is 36.5 Å². The van der Waals surface area contributed by atoms with Gasteiger partial charge in [0.15, 0.2) is 0 Å². The Kier molecular flexibility index (Phi) is 5.67. The van der Waals surface area contributed by atoms with Crippen molar-refractivity contribution in [3.63, 3.8) is 0 Å². The number of aromatic carboxylic acids is 1. The number of anilines is 1. The number of hydrogen-bond donors (Lipinski definition) is 3. The van der Waals surface area contributed by atoms with E-state index in [-0.39, 0.29) is 33.0 Å². The topological polar surface area (TPSA) is 116 Å². The number of nitrogens with zero attached hydrogens (tertiary/aromatic N) is 3. The quantitative estimate of drug-likeness (QED) is 0.708. The van der Waals surface area contributed by atoms with Crippen LogP contribution in [-0.2, 0) is 0 Å².